The van der Waals surface area contributed by atoms with Gasteiger partial charge in [-0.25, -0.2) is 9.36 Å². The maximum absolute atomic E-state index is 4.73. The van der Waals surface area contributed by atoms with Crippen LogP contribution in [0, 0.1) is 20.8 Å². The normalized spacial score (nSPS) is 11.1. The Morgan fingerprint density at radius 2 is 1.33 bits per heavy atom. The third-order valence-electron chi connectivity index (χ3n) is 5.21. The highest BCUT2D eigenvalue weighted by Gasteiger charge is 2.16. The van der Waals surface area contributed by atoms with Crippen LogP contribution in [0.5, 0.6) is 0 Å². The molecule has 0 aliphatic rings. The van der Waals surface area contributed by atoms with Crippen LogP contribution in [0.2, 0.25) is 0 Å². The molecule has 154 valence electrons. The second-order valence-electron chi connectivity index (χ2n) is 7.20. The highest BCUT2D eigenvalue weighted by atomic mass is 15.4. The first-order chi connectivity index (χ1) is 14.5. The van der Waals surface area contributed by atoms with Crippen LogP contribution in [0.25, 0.3) is 23.3 Å². The Morgan fingerprint density at radius 1 is 0.767 bits per heavy atom. The van der Waals surface area contributed by atoms with Crippen molar-refractivity contribution in [3.05, 3.63) is 59.7 Å². The van der Waals surface area contributed by atoms with E-state index in [1.165, 1.54) is 11.3 Å². The fraction of sp³-hybridized carbons (Fsp3) is 0.318. The lowest BCUT2D eigenvalue weighted by molar-refractivity contribution is 0.726. The molecule has 4 rings (SSSR count). The zero-order chi connectivity index (χ0) is 21.3. The van der Waals surface area contributed by atoms with Crippen molar-refractivity contribution in [1.82, 2.24) is 34.5 Å². The number of aromatic nitrogens is 7. The Labute approximate surface area is 176 Å². The van der Waals surface area contributed by atoms with Crippen molar-refractivity contribution in [1.29, 1.82) is 0 Å². The highest BCUT2D eigenvalue weighted by molar-refractivity contribution is 5.65. The summed E-state index contributed by atoms with van der Waals surface area (Å²) in [5, 5.41) is 8.74. The fourth-order valence-corrected chi connectivity index (χ4v) is 3.54. The van der Waals surface area contributed by atoms with Crippen LogP contribution in [-0.4, -0.2) is 47.6 Å². The van der Waals surface area contributed by atoms with Gasteiger partial charge in [-0.05, 0) is 70.5 Å². The Balaban J connectivity index is 1.86. The minimum Gasteiger partial charge on any atom is -0.372 e. The minimum atomic E-state index is 0.470. The van der Waals surface area contributed by atoms with E-state index in [-0.39, 0.29) is 0 Å². The van der Waals surface area contributed by atoms with Crippen LogP contribution >= 0.6 is 0 Å². The minimum absolute atomic E-state index is 0.470. The molecule has 3 heterocycles. The van der Waals surface area contributed by atoms with E-state index in [0.717, 1.165) is 30.0 Å². The molecule has 0 bridgehead atoms. The summed E-state index contributed by atoms with van der Waals surface area (Å²) in [7, 11) is 0. The summed E-state index contributed by atoms with van der Waals surface area (Å²) in [6.07, 6.45) is 3.47. The van der Waals surface area contributed by atoms with Gasteiger partial charge in [-0.3, -0.25) is 0 Å². The maximum Gasteiger partial charge on any atom is 0.256 e. The molecule has 0 N–H and O–H groups in total. The number of anilines is 1. The van der Waals surface area contributed by atoms with Crippen LogP contribution in [0.15, 0.2) is 42.7 Å². The smallest absolute Gasteiger partial charge is 0.256 e. The first-order valence-corrected chi connectivity index (χ1v) is 10.2. The van der Waals surface area contributed by atoms with Gasteiger partial charge in [-0.1, -0.05) is 0 Å². The Hall–Kier alpha value is -3.55. The molecule has 8 heteroatoms. The van der Waals surface area contributed by atoms with Crippen molar-refractivity contribution < 1.29 is 0 Å². The average Bonchev–Trinajstić information content (AvgIpc) is 3.37. The summed E-state index contributed by atoms with van der Waals surface area (Å²) in [6.45, 7) is 12.3. The second kappa shape index (κ2) is 8.06. The Kier molecular flexibility index (Phi) is 5.31. The Bertz CT molecular complexity index is 1110. The summed E-state index contributed by atoms with van der Waals surface area (Å²) in [4.78, 5) is 16.4. The summed E-state index contributed by atoms with van der Waals surface area (Å²) in [6, 6.07) is 10.2. The predicted molar refractivity (Wildman–Crippen MR) is 117 cm³/mol. The molecule has 0 unspecified atom stereocenters. The van der Waals surface area contributed by atoms with Gasteiger partial charge in [0, 0.05) is 48.1 Å². The monoisotopic (exact) mass is 402 g/mol. The van der Waals surface area contributed by atoms with E-state index in [1.807, 2.05) is 26.0 Å². The predicted octanol–water partition coefficient (Wildman–Crippen LogP) is 3.68. The molecule has 0 radical (unpaired) electrons. The number of rotatable bonds is 6. The topological polar surface area (TPSA) is 77.5 Å². The van der Waals surface area contributed by atoms with Gasteiger partial charge in [-0.2, -0.15) is 25.1 Å². The molecule has 0 saturated carbocycles. The van der Waals surface area contributed by atoms with E-state index in [1.54, 1.807) is 21.8 Å². The molecule has 0 atom stereocenters. The van der Waals surface area contributed by atoms with E-state index in [4.69, 9.17) is 9.97 Å². The van der Waals surface area contributed by atoms with Gasteiger partial charge in [0.25, 0.3) is 11.9 Å². The third kappa shape index (κ3) is 3.56. The summed E-state index contributed by atoms with van der Waals surface area (Å²) >= 11 is 0. The van der Waals surface area contributed by atoms with Crippen LogP contribution < -0.4 is 4.90 Å². The first kappa shape index (κ1) is 19.8. The van der Waals surface area contributed by atoms with Crippen LogP contribution in [0.3, 0.4) is 0 Å². The van der Waals surface area contributed by atoms with Gasteiger partial charge in [0.15, 0.2) is 5.82 Å². The number of nitrogens with zero attached hydrogens (tertiary/aromatic N) is 8. The van der Waals surface area contributed by atoms with Crippen LogP contribution in [0.1, 0.15) is 30.8 Å². The molecule has 0 fully saturated rings. The van der Waals surface area contributed by atoms with E-state index in [2.05, 4.69) is 59.1 Å². The van der Waals surface area contributed by atoms with E-state index < -0.39 is 0 Å². The van der Waals surface area contributed by atoms with Gasteiger partial charge in [-0.15, -0.1) is 0 Å². The molecule has 0 spiro atoms. The molecule has 3 aromatic heterocycles. The van der Waals surface area contributed by atoms with Crippen molar-refractivity contribution in [3.8, 4) is 23.3 Å². The lowest BCUT2D eigenvalue weighted by atomic mass is 10.1. The van der Waals surface area contributed by atoms with Gasteiger partial charge in [0.1, 0.15) is 0 Å². The van der Waals surface area contributed by atoms with Crippen LogP contribution in [-0.2, 0) is 0 Å². The molecular weight excluding hydrogens is 376 g/mol. The zero-order valence-electron chi connectivity index (χ0n) is 18.0. The molecule has 1 aromatic carbocycles. The lowest BCUT2D eigenvalue weighted by Crippen LogP contribution is -2.22. The molecule has 8 nitrogen and oxygen atoms in total. The molecule has 4 aromatic rings. The third-order valence-corrected chi connectivity index (χ3v) is 5.21. The summed E-state index contributed by atoms with van der Waals surface area (Å²) in [5.41, 5.74) is 5.24. The van der Waals surface area contributed by atoms with Gasteiger partial charge < -0.3 is 4.90 Å². The van der Waals surface area contributed by atoms with E-state index in [9.17, 15) is 0 Å². The van der Waals surface area contributed by atoms with Crippen molar-refractivity contribution in [2.24, 2.45) is 0 Å². The highest BCUT2D eigenvalue weighted by Crippen LogP contribution is 2.26. The van der Waals surface area contributed by atoms with Crippen molar-refractivity contribution in [3.63, 3.8) is 0 Å². The number of benzene rings is 1. The van der Waals surface area contributed by atoms with Crippen molar-refractivity contribution in [2.75, 3.05) is 18.0 Å². The molecule has 0 aliphatic heterocycles. The van der Waals surface area contributed by atoms with Crippen molar-refractivity contribution in [2.45, 2.75) is 34.6 Å². The maximum atomic E-state index is 4.73. The van der Waals surface area contributed by atoms with E-state index >= 15 is 0 Å². The fourth-order valence-electron chi connectivity index (χ4n) is 3.54. The molecule has 0 amide bonds. The molecule has 0 aliphatic carbocycles. The van der Waals surface area contributed by atoms with Crippen molar-refractivity contribution >= 4 is 5.69 Å². The van der Waals surface area contributed by atoms with Gasteiger partial charge in [0.05, 0.1) is 0 Å². The summed E-state index contributed by atoms with van der Waals surface area (Å²) < 4.78 is 3.43. The first-order valence-electron chi connectivity index (χ1n) is 10.2. The van der Waals surface area contributed by atoms with Gasteiger partial charge in [0.2, 0.25) is 0 Å². The van der Waals surface area contributed by atoms with Gasteiger partial charge >= 0.3 is 0 Å². The average molecular weight is 403 g/mol. The molecular formula is C22H26N8. The Morgan fingerprint density at radius 3 is 1.77 bits per heavy atom. The standard InChI is InChI=1S/C22H26N8/c1-6-28(7-2)19-9-8-18(14-15(19)3)20-25-21(29-16(4)10-12-23-29)27-22(26-20)30-17(5)11-13-24-30/h8-14H,6-7H2,1-5H3. The largest absolute Gasteiger partial charge is 0.372 e. The number of hydrogen-bond acceptors (Lipinski definition) is 6. The SMILES string of the molecule is CCN(CC)c1ccc(-c2nc(-n3nccc3C)nc(-n3nccc3C)n2)cc1C. The number of aryl methyl sites for hydroxylation is 3. The molecule has 0 saturated heterocycles. The van der Waals surface area contributed by atoms with Crippen LogP contribution in [0.4, 0.5) is 5.69 Å². The summed E-state index contributed by atoms with van der Waals surface area (Å²) in [5.74, 6) is 1.53. The molecule has 30 heavy (non-hydrogen) atoms. The second-order valence-corrected chi connectivity index (χ2v) is 7.20. The van der Waals surface area contributed by atoms with E-state index in [0.29, 0.717) is 17.7 Å². The lowest BCUT2D eigenvalue weighted by Gasteiger charge is -2.23. The zero-order valence-corrected chi connectivity index (χ0v) is 18.0. The number of hydrogen-bond donors (Lipinski definition) is 0. The quantitative estimate of drug-likeness (QED) is 0.490.